The maximum Gasteiger partial charge on any atom is 0.408 e. The molecule has 2 aromatic carbocycles. The Hall–Kier alpha value is -2.53. The smallest absolute Gasteiger partial charge is 0.408 e. The van der Waals surface area contributed by atoms with Crippen molar-refractivity contribution in [2.45, 2.75) is 39.3 Å². The lowest BCUT2D eigenvalue weighted by Crippen LogP contribution is -2.40. The van der Waals surface area contributed by atoms with Gasteiger partial charge in [0.2, 0.25) is 0 Å². The number of para-hydroxylation sites is 1. The molecule has 0 fully saturated rings. The average Bonchev–Trinajstić information content (AvgIpc) is 2.55. The number of halogens is 1. The fourth-order valence-corrected chi connectivity index (χ4v) is 2.63. The fourth-order valence-electron chi connectivity index (χ4n) is 2.36. The van der Waals surface area contributed by atoms with Crippen LogP contribution in [-0.2, 0) is 9.53 Å². The van der Waals surface area contributed by atoms with Crippen LogP contribution < -0.4 is 10.6 Å². The quantitative estimate of drug-likeness (QED) is 0.803. The van der Waals surface area contributed by atoms with Gasteiger partial charge in [-0.3, -0.25) is 4.79 Å². The van der Waals surface area contributed by atoms with Crippen LogP contribution in [0.2, 0.25) is 5.02 Å². The molecule has 0 aromatic heterocycles. The second-order valence-corrected chi connectivity index (χ2v) is 7.32. The number of hydrogen-bond acceptors (Lipinski definition) is 3. The summed E-state index contributed by atoms with van der Waals surface area (Å²) in [6.07, 6.45) is -0.669. The number of carbonyl (C=O) groups excluding carboxylic acids is 2. The monoisotopic (exact) mass is 374 g/mol. The molecule has 26 heavy (non-hydrogen) atoms. The molecule has 0 saturated carbocycles. The van der Waals surface area contributed by atoms with Crippen LogP contribution in [0.1, 0.15) is 37.9 Å². The zero-order chi connectivity index (χ0) is 19.3. The Morgan fingerprint density at radius 2 is 1.69 bits per heavy atom. The minimum absolute atomic E-state index is 0.404. The van der Waals surface area contributed by atoms with E-state index < -0.39 is 23.6 Å². The third kappa shape index (κ3) is 5.49. The third-order valence-electron chi connectivity index (χ3n) is 3.53. The number of nitrogens with one attached hydrogen (secondary N) is 2. The van der Waals surface area contributed by atoms with Crippen molar-refractivity contribution in [3.05, 3.63) is 64.7 Å². The molecule has 2 rings (SSSR count). The molecule has 0 radical (unpaired) electrons. The van der Waals surface area contributed by atoms with E-state index in [-0.39, 0.29) is 0 Å². The number of rotatable bonds is 4. The molecule has 2 amide bonds. The Kier molecular flexibility index (Phi) is 6.27. The van der Waals surface area contributed by atoms with Gasteiger partial charge in [0.1, 0.15) is 11.6 Å². The molecular weight excluding hydrogens is 352 g/mol. The van der Waals surface area contributed by atoms with Gasteiger partial charge in [0.25, 0.3) is 5.91 Å². The van der Waals surface area contributed by atoms with E-state index in [0.29, 0.717) is 16.3 Å². The fraction of sp³-hybridized carbons (Fsp3) is 0.300. The van der Waals surface area contributed by atoms with E-state index in [0.717, 1.165) is 5.56 Å². The summed E-state index contributed by atoms with van der Waals surface area (Å²) >= 11 is 6.19. The van der Waals surface area contributed by atoms with Gasteiger partial charge >= 0.3 is 6.09 Å². The molecule has 0 aliphatic heterocycles. The molecule has 0 aliphatic rings. The summed E-state index contributed by atoms with van der Waals surface area (Å²) < 4.78 is 5.28. The number of benzene rings is 2. The van der Waals surface area contributed by atoms with Crippen molar-refractivity contribution in [1.29, 1.82) is 0 Å². The van der Waals surface area contributed by atoms with Crippen LogP contribution in [0.25, 0.3) is 0 Å². The molecule has 2 N–H and O–H groups in total. The lowest BCUT2D eigenvalue weighted by molar-refractivity contribution is -0.118. The maximum absolute atomic E-state index is 12.9. The molecule has 5 nitrogen and oxygen atoms in total. The van der Waals surface area contributed by atoms with Crippen LogP contribution >= 0.6 is 11.6 Å². The summed E-state index contributed by atoms with van der Waals surface area (Å²) in [6, 6.07) is 13.4. The van der Waals surface area contributed by atoms with Gasteiger partial charge in [-0.05, 0) is 44.9 Å². The third-order valence-corrected chi connectivity index (χ3v) is 3.84. The van der Waals surface area contributed by atoms with Gasteiger partial charge in [0.15, 0.2) is 0 Å². The van der Waals surface area contributed by atoms with Crippen LogP contribution in [0.3, 0.4) is 0 Å². The predicted octanol–water partition coefficient (Wildman–Crippen LogP) is 4.85. The van der Waals surface area contributed by atoms with Crippen LogP contribution in [0, 0.1) is 6.92 Å². The lowest BCUT2D eigenvalue weighted by Gasteiger charge is -2.24. The van der Waals surface area contributed by atoms with E-state index in [1.54, 1.807) is 57.2 Å². The molecule has 0 heterocycles. The average molecular weight is 375 g/mol. The Labute approximate surface area is 158 Å². The Morgan fingerprint density at radius 1 is 1.04 bits per heavy atom. The molecular formula is C20H23ClN2O3. The summed E-state index contributed by atoms with van der Waals surface area (Å²) in [6.45, 7) is 7.13. The highest BCUT2D eigenvalue weighted by atomic mass is 35.5. The Balaban J connectivity index is 2.26. The van der Waals surface area contributed by atoms with Crippen molar-refractivity contribution in [1.82, 2.24) is 5.32 Å². The van der Waals surface area contributed by atoms with Crippen molar-refractivity contribution in [2.75, 3.05) is 5.32 Å². The molecule has 2 aromatic rings. The summed E-state index contributed by atoms with van der Waals surface area (Å²) in [5.74, 6) is -0.404. The first-order chi connectivity index (χ1) is 12.2. The molecule has 0 aliphatic carbocycles. The minimum Gasteiger partial charge on any atom is -0.444 e. The lowest BCUT2D eigenvalue weighted by atomic mass is 10.1. The first-order valence-corrected chi connectivity index (χ1v) is 8.65. The Bertz CT molecular complexity index is 765. The zero-order valence-corrected chi connectivity index (χ0v) is 16.1. The maximum atomic E-state index is 12.9. The van der Waals surface area contributed by atoms with Crippen molar-refractivity contribution in [2.24, 2.45) is 0 Å². The van der Waals surface area contributed by atoms with Gasteiger partial charge in [0.05, 0.1) is 10.7 Å². The predicted molar refractivity (Wildman–Crippen MR) is 103 cm³/mol. The number of alkyl carbamates (subject to hydrolysis) is 1. The van der Waals surface area contributed by atoms with Crippen LogP contribution in [0.4, 0.5) is 10.5 Å². The molecule has 6 heteroatoms. The number of hydrogen-bond donors (Lipinski definition) is 2. The van der Waals surface area contributed by atoms with E-state index in [4.69, 9.17) is 16.3 Å². The van der Waals surface area contributed by atoms with Crippen molar-refractivity contribution in [3.8, 4) is 0 Å². The summed E-state index contributed by atoms with van der Waals surface area (Å²) in [5, 5.41) is 5.87. The van der Waals surface area contributed by atoms with Gasteiger partial charge in [-0.1, -0.05) is 54.1 Å². The molecule has 0 bridgehead atoms. The summed E-state index contributed by atoms with van der Waals surface area (Å²) in [4.78, 5) is 25.1. The van der Waals surface area contributed by atoms with E-state index in [2.05, 4.69) is 10.6 Å². The molecule has 138 valence electrons. The highest BCUT2D eigenvalue weighted by Gasteiger charge is 2.26. The first kappa shape index (κ1) is 19.8. The first-order valence-electron chi connectivity index (χ1n) is 8.28. The highest BCUT2D eigenvalue weighted by molar-refractivity contribution is 6.34. The van der Waals surface area contributed by atoms with Gasteiger partial charge in [-0.25, -0.2) is 4.79 Å². The number of ether oxygens (including phenoxy) is 1. The van der Waals surface area contributed by atoms with Gasteiger partial charge < -0.3 is 15.4 Å². The largest absolute Gasteiger partial charge is 0.444 e. The minimum atomic E-state index is -0.915. The standard InChI is InChI=1S/C20H23ClN2O3/c1-13-9-8-12-15(21)16(13)22-18(24)17(14-10-6-5-7-11-14)23-19(25)26-20(2,3)4/h5-12,17H,1-4H3,(H,22,24)(H,23,25). The van der Waals surface area contributed by atoms with Gasteiger partial charge in [0, 0.05) is 0 Å². The van der Waals surface area contributed by atoms with Crippen LogP contribution in [0.15, 0.2) is 48.5 Å². The summed E-state index contributed by atoms with van der Waals surface area (Å²) in [7, 11) is 0. The Morgan fingerprint density at radius 3 is 2.27 bits per heavy atom. The zero-order valence-electron chi connectivity index (χ0n) is 15.3. The van der Waals surface area contributed by atoms with E-state index >= 15 is 0 Å². The van der Waals surface area contributed by atoms with Crippen LogP contribution in [-0.4, -0.2) is 17.6 Å². The van der Waals surface area contributed by atoms with Gasteiger partial charge in [-0.15, -0.1) is 0 Å². The number of aryl methyl sites for hydroxylation is 1. The van der Waals surface area contributed by atoms with E-state index in [1.165, 1.54) is 0 Å². The van der Waals surface area contributed by atoms with E-state index in [9.17, 15) is 9.59 Å². The SMILES string of the molecule is Cc1cccc(Cl)c1NC(=O)C(NC(=O)OC(C)(C)C)c1ccccc1. The molecule has 0 saturated heterocycles. The van der Waals surface area contributed by atoms with Crippen molar-refractivity contribution < 1.29 is 14.3 Å². The molecule has 1 unspecified atom stereocenters. The summed E-state index contributed by atoms with van der Waals surface area (Å²) in [5.41, 5.74) is 1.32. The highest BCUT2D eigenvalue weighted by Crippen LogP contribution is 2.27. The number of anilines is 1. The topological polar surface area (TPSA) is 67.4 Å². The van der Waals surface area contributed by atoms with Gasteiger partial charge in [-0.2, -0.15) is 0 Å². The van der Waals surface area contributed by atoms with E-state index in [1.807, 2.05) is 19.1 Å². The van der Waals surface area contributed by atoms with Crippen molar-refractivity contribution >= 4 is 29.3 Å². The normalized spacial score (nSPS) is 12.2. The van der Waals surface area contributed by atoms with Crippen molar-refractivity contribution in [3.63, 3.8) is 0 Å². The number of amides is 2. The number of carbonyl (C=O) groups is 2. The second-order valence-electron chi connectivity index (χ2n) is 6.91. The second kappa shape index (κ2) is 8.23. The van der Waals surface area contributed by atoms with Crippen LogP contribution in [0.5, 0.6) is 0 Å². The molecule has 1 atom stereocenters. The molecule has 0 spiro atoms.